The average molecular weight is 563 g/mol. The van der Waals surface area contributed by atoms with Crippen LogP contribution in [-0.4, -0.2) is 21.8 Å². The number of para-hydroxylation sites is 1. The Balaban J connectivity index is 1.42. The van der Waals surface area contributed by atoms with Crippen molar-refractivity contribution in [3.8, 4) is 0 Å². The molecular formula is C28H20Cl2N4O3S. The minimum atomic E-state index is -0.599. The number of rotatable bonds is 7. The molecule has 5 aromatic rings. The number of hydrogen-bond acceptors (Lipinski definition) is 6. The molecule has 38 heavy (non-hydrogen) atoms. The third-order valence-corrected chi connectivity index (χ3v) is 7.10. The Labute approximate surface area is 232 Å². The maximum Gasteiger partial charge on any atom is 0.293 e. The van der Waals surface area contributed by atoms with Gasteiger partial charge >= 0.3 is 0 Å². The Bertz CT molecular complexity index is 1670. The number of thioether (sulfide) groups is 1. The molecular weight excluding hydrogens is 543 g/mol. The molecule has 2 amide bonds. The molecule has 0 aliphatic rings. The minimum Gasteiger partial charge on any atom is -0.449 e. The predicted molar refractivity (Wildman–Crippen MR) is 151 cm³/mol. The van der Waals surface area contributed by atoms with Crippen molar-refractivity contribution in [2.75, 3.05) is 10.6 Å². The Morgan fingerprint density at radius 1 is 0.947 bits per heavy atom. The van der Waals surface area contributed by atoms with Crippen molar-refractivity contribution in [1.29, 1.82) is 0 Å². The molecule has 0 aliphatic carbocycles. The van der Waals surface area contributed by atoms with Crippen LogP contribution in [-0.2, 0) is 5.75 Å². The molecule has 0 fully saturated rings. The summed E-state index contributed by atoms with van der Waals surface area (Å²) in [7, 11) is 0. The van der Waals surface area contributed by atoms with E-state index in [9.17, 15) is 9.59 Å². The average Bonchev–Trinajstić information content (AvgIpc) is 3.27. The van der Waals surface area contributed by atoms with E-state index < -0.39 is 11.8 Å². The van der Waals surface area contributed by atoms with Crippen LogP contribution in [0.25, 0.3) is 11.0 Å². The zero-order chi connectivity index (χ0) is 26.6. The van der Waals surface area contributed by atoms with E-state index in [1.54, 1.807) is 48.5 Å². The zero-order valence-corrected chi connectivity index (χ0v) is 22.3. The molecule has 190 valence electrons. The van der Waals surface area contributed by atoms with Crippen LogP contribution in [0.1, 0.15) is 32.2 Å². The molecule has 2 aromatic heterocycles. The number of aryl methyl sites for hydroxylation is 1. The van der Waals surface area contributed by atoms with Crippen molar-refractivity contribution in [2.45, 2.75) is 17.8 Å². The Kier molecular flexibility index (Phi) is 7.64. The number of hydrogen-bond donors (Lipinski definition) is 2. The SMILES string of the molecule is Cc1ccccc1CSc1ncc(Cl)c(C(=O)Nc2c(C(=O)Nc3cccc(Cl)c3)oc3ccccc23)n1. The second kappa shape index (κ2) is 11.3. The number of furan rings is 1. The lowest BCUT2D eigenvalue weighted by Crippen LogP contribution is -2.18. The fourth-order valence-electron chi connectivity index (χ4n) is 3.75. The maximum absolute atomic E-state index is 13.3. The van der Waals surface area contributed by atoms with Gasteiger partial charge in [0.15, 0.2) is 10.9 Å². The molecule has 3 aromatic carbocycles. The first-order valence-electron chi connectivity index (χ1n) is 11.5. The van der Waals surface area contributed by atoms with Crippen molar-refractivity contribution >= 4 is 69.1 Å². The number of anilines is 2. The lowest BCUT2D eigenvalue weighted by molar-refractivity contribution is 0.0999. The fourth-order valence-corrected chi connectivity index (χ4v) is 5.01. The maximum atomic E-state index is 13.3. The molecule has 0 radical (unpaired) electrons. The van der Waals surface area contributed by atoms with Gasteiger partial charge in [0.25, 0.3) is 11.8 Å². The van der Waals surface area contributed by atoms with Crippen molar-refractivity contribution in [2.24, 2.45) is 0 Å². The summed E-state index contributed by atoms with van der Waals surface area (Å²) in [5.74, 6) is -0.588. The molecule has 2 N–H and O–H groups in total. The van der Waals surface area contributed by atoms with Gasteiger partial charge < -0.3 is 15.1 Å². The lowest BCUT2D eigenvalue weighted by Gasteiger charge is -2.09. The molecule has 0 aliphatic heterocycles. The van der Waals surface area contributed by atoms with Crippen LogP contribution in [0.4, 0.5) is 11.4 Å². The summed E-state index contributed by atoms with van der Waals surface area (Å²) in [6.07, 6.45) is 1.39. The van der Waals surface area contributed by atoms with Crippen LogP contribution in [0.2, 0.25) is 10.0 Å². The van der Waals surface area contributed by atoms with Gasteiger partial charge in [0.2, 0.25) is 5.76 Å². The molecule has 0 unspecified atom stereocenters. The van der Waals surface area contributed by atoms with Crippen LogP contribution < -0.4 is 10.6 Å². The number of nitrogens with one attached hydrogen (secondary N) is 2. The van der Waals surface area contributed by atoms with Crippen LogP contribution in [0.5, 0.6) is 0 Å². The van der Waals surface area contributed by atoms with E-state index >= 15 is 0 Å². The van der Waals surface area contributed by atoms with Crippen molar-refractivity contribution in [3.05, 3.63) is 112 Å². The van der Waals surface area contributed by atoms with Crippen molar-refractivity contribution in [1.82, 2.24) is 9.97 Å². The van der Waals surface area contributed by atoms with Crippen LogP contribution in [0, 0.1) is 6.92 Å². The number of benzene rings is 3. The van der Waals surface area contributed by atoms with Crippen molar-refractivity contribution in [3.63, 3.8) is 0 Å². The molecule has 0 bridgehead atoms. The first-order chi connectivity index (χ1) is 18.4. The molecule has 7 nitrogen and oxygen atoms in total. The third kappa shape index (κ3) is 5.67. The second-order valence-electron chi connectivity index (χ2n) is 8.29. The number of nitrogens with zero attached hydrogens (tertiary/aromatic N) is 2. The van der Waals surface area contributed by atoms with Gasteiger partial charge in [0.05, 0.1) is 11.2 Å². The summed E-state index contributed by atoms with van der Waals surface area (Å²) in [6, 6.07) is 21.7. The summed E-state index contributed by atoms with van der Waals surface area (Å²) in [5.41, 5.74) is 3.40. The summed E-state index contributed by atoms with van der Waals surface area (Å²) in [6.45, 7) is 2.03. The van der Waals surface area contributed by atoms with E-state index in [0.29, 0.717) is 32.6 Å². The Morgan fingerprint density at radius 3 is 2.55 bits per heavy atom. The number of aromatic nitrogens is 2. The quantitative estimate of drug-likeness (QED) is 0.156. The fraction of sp³-hybridized carbons (Fsp3) is 0.0714. The number of carbonyl (C=O) groups excluding carboxylic acids is 2. The highest BCUT2D eigenvalue weighted by atomic mass is 35.5. The molecule has 5 rings (SSSR count). The third-order valence-electron chi connectivity index (χ3n) is 5.68. The topological polar surface area (TPSA) is 97.1 Å². The summed E-state index contributed by atoms with van der Waals surface area (Å²) in [4.78, 5) is 35.1. The van der Waals surface area contributed by atoms with Gasteiger partial charge in [0, 0.05) is 21.8 Å². The summed E-state index contributed by atoms with van der Waals surface area (Å²) < 4.78 is 5.82. The van der Waals surface area contributed by atoms with Gasteiger partial charge in [-0.25, -0.2) is 9.97 Å². The number of amides is 2. The van der Waals surface area contributed by atoms with Gasteiger partial charge in [-0.15, -0.1) is 0 Å². The van der Waals surface area contributed by atoms with Gasteiger partial charge in [-0.05, 0) is 48.4 Å². The lowest BCUT2D eigenvalue weighted by atomic mass is 10.1. The standard InChI is InChI=1S/C28H20Cl2N4O3S/c1-16-7-2-3-8-17(16)15-38-28-31-14-21(30)24(34-28)26(35)33-23-20-11-4-5-12-22(20)37-25(23)27(36)32-19-10-6-9-18(29)13-19/h2-14H,15H2,1H3,(H,32,36)(H,33,35). The highest BCUT2D eigenvalue weighted by molar-refractivity contribution is 7.98. The Morgan fingerprint density at radius 2 is 1.74 bits per heavy atom. The van der Waals surface area contributed by atoms with Gasteiger partial charge in [0.1, 0.15) is 11.3 Å². The van der Waals surface area contributed by atoms with Gasteiger partial charge in [-0.2, -0.15) is 0 Å². The van der Waals surface area contributed by atoms with Crippen LogP contribution >= 0.6 is 35.0 Å². The van der Waals surface area contributed by atoms with Gasteiger partial charge in [-0.3, -0.25) is 9.59 Å². The first-order valence-corrected chi connectivity index (χ1v) is 13.2. The molecule has 0 spiro atoms. The van der Waals surface area contributed by atoms with Crippen LogP contribution in [0.15, 0.2) is 88.6 Å². The molecule has 0 saturated carbocycles. The minimum absolute atomic E-state index is 0.0135. The number of fused-ring (bicyclic) bond motifs is 1. The highest BCUT2D eigenvalue weighted by Crippen LogP contribution is 2.33. The summed E-state index contributed by atoms with van der Waals surface area (Å²) >= 11 is 13.7. The normalized spacial score (nSPS) is 10.9. The van der Waals surface area contributed by atoms with E-state index in [0.717, 1.165) is 11.1 Å². The monoisotopic (exact) mass is 562 g/mol. The Hall–Kier alpha value is -3.85. The molecule has 10 heteroatoms. The number of halogens is 2. The largest absolute Gasteiger partial charge is 0.449 e. The van der Waals surface area contributed by atoms with E-state index in [-0.39, 0.29) is 22.2 Å². The molecule has 2 heterocycles. The number of carbonyl (C=O) groups is 2. The predicted octanol–water partition coefficient (Wildman–Crippen LogP) is 7.63. The van der Waals surface area contributed by atoms with E-state index in [1.165, 1.54) is 18.0 Å². The zero-order valence-electron chi connectivity index (χ0n) is 20.0. The first kappa shape index (κ1) is 25.8. The molecule has 0 atom stereocenters. The van der Waals surface area contributed by atoms with Gasteiger partial charge in [-0.1, -0.05) is 77.4 Å². The smallest absolute Gasteiger partial charge is 0.293 e. The van der Waals surface area contributed by atoms with E-state index in [4.69, 9.17) is 27.6 Å². The summed E-state index contributed by atoms with van der Waals surface area (Å²) in [5, 5.41) is 7.03. The molecule has 0 saturated heterocycles. The van der Waals surface area contributed by atoms with E-state index in [2.05, 4.69) is 20.6 Å². The van der Waals surface area contributed by atoms with Crippen molar-refractivity contribution < 1.29 is 14.0 Å². The van der Waals surface area contributed by atoms with E-state index in [1.807, 2.05) is 31.2 Å². The highest BCUT2D eigenvalue weighted by Gasteiger charge is 2.24. The second-order valence-corrected chi connectivity index (χ2v) is 10.1. The van der Waals surface area contributed by atoms with Crippen LogP contribution in [0.3, 0.4) is 0 Å².